The standard InChI is InChI=1S/C41H50O19/c1-22(42)51-20-32-34(53-24(3)44)36(50-17-11-10-16-49-19-29-14-15-30-12-8-9-13-31(30)18-29)38(55-26(5)46)41(59-32)60-37-35(54-25(4)45)33(21-52-23(2)43)58-40(57-28(7)48)39(37)56-27(6)47/h8-15,18,32-41H,16-17,19-21H2,1-7H3/b11-10-/t32-,33-,34-,35-,36+,37+,38-,39-,40?,41+/m1/s1. The maximum absolute atomic E-state index is 12.7. The average molecular weight is 847 g/mol. The first-order valence-electron chi connectivity index (χ1n) is 18.9. The van der Waals surface area contributed by atoms with Gasteiger partial charge in [-0.05, 0) is 22.4 Å². The normalized spacial score (nSPS) is 26.4. The predicted octanol–water partition coefficient (Wildman–Crippen LogP) is 2.55. The van der Waals surface area contributed by atoms with E-state index in [0.717, 1.165) is 64.8 Å². The molecule has 0 N–H and O–H groups in total. The third-order valence-corrected chi connectivity index (χ3v) is 8.71. The molecule has 0 amide bonds. The number of ether oxygens (including phenoxy) is 12. The predicted molar refractivity (Wildman–Crippen MR) is 202 cm³/mol. The minimum Gasteiger partial charge on any atom is -0.463 e. The lowest BCUT2D eigenvalue weighted by atomic mass is 9.96. The average Bonchev–Trinajstić information content (AvgIpc) is 3.16. The fourth-order valence-electron chi connectivity index (χ4n) is 6.47. The van der Waals surface area contributed by atoms with Crippen molar-refractivity contribution in [2.45, 2.75) is 116 Å². The maximum atomic E-state index is 12.7. The molecule has 2 saturated heterocycles. The second-order valence-electron chi connectivity index (χ2n) is 13.7. The molecule has 2 aliphatic rings. The number of hydrogen-bond acceptors (Lipinski definition) is 19. The number of carbonyl (C=O) groups excluding carboxylic acids is 7. The van der Waals surface area contributed by atoms with E-state index in [1.165, 1.54) is 0 Å². The van der Waals surface area contributed by atoms with Gasteiger partial charge in [-0.1, -0.05) is 48.6 Å². The molecule has 0 bridgehead atoms. The van der Waals surface area contributed by atoms with E-state index in [0.29, 0.717) is 6.61 Å². The maximum Gasteiger partial charge on any atom is 0.305 e. The van der Waals surface area contributed by atoms with Crippen molar-refractivity contribution >= 4 is 52.6 Å². The van der Waals surface area contributed by atoms with Gasteiger partial charge in [0.05, 0.1) is 19.8 Å². The first-order valence-corrected chi connectivity index (χ1v) is 18.9. The highest BCUT2D eigenvalue weighted by molar-refractivity contribution is 5.83. The second kappa shape index (κ2) is 22.8. The third-order valence-electron chi connectivity index (χ3n) is 8.71. The Labute approximate surface area is 345 Å². The van der Waals surface area contributed by atoms with Gasteiger partial charge < -0.3 is 56.8 Å². The second-order valence-corrected chi connectivity index (χ2v) is 13.7. The lowest BCUT2D eigenvalue weighted by Crippen LogP contribution is -2.67. The topological polar surface area (TPSA) is 230 Å². The van der Waals surface area contributed by atoms with Gasteiger partial charge in [-0.3, -0.25) is 33.6 Å². The van der Waals surface area contributed by atoms with E-state index in [-0.39, 0.29) is 13.2 Å². The molecule has 2 aromatic rings. The van der Waals surface area contributed by atoms with Crippen LogP contribution in [0.4, 0.5) is 0 Å². The van der Waals surface area contributed by atoms with Crippen LogP contribution in [0.15, 0.2) is 54.6 Å². The molecule has 4 rings (SSSR count). The van der Waals surface area contributed by atoms with Crippen molar-refractivity contribution in [1.82, 2.24) is 0 Å². The zero-order valence-electron chi connectivity index (χ0n) is 34.3. The molecule has 0 radical (unpaired) electrons. The zero-order chi connectivity index (χ0) is 43.9. The van der Waals surface area contributed by atoms with Crippen molar-refractivity contribution in [3.05, 3.63) is 60.2 Å². The number of hydrogen-bond donors (Lipinski definition) is 0. The molecule has 2 fully saturated rings. The largest absolute Gasteiger partial charge is 0.463 e. The van der Waals surface area contributed by atoms with Crippen LogP contribution in [0.2, 0.25) is 0 Å². The Morgan fingerprint density at radius 3 is 1.55 bits per heavy atom. The SMILES string of the molecule is CC(=O)OC[C@H]1O[C@@H](O[C@H]2[C@H](OC(C)=O)[C@@H](COC(C)=O)OC(OC(C)=O)[C@@H]2OC(C)=O)[C@H](OC(C)=O)[C@@H](OC/C=C\COCc2ccc3ccccc3c2)[C@@H]1OC(C)=O. The summed E-state index contributed by atoms with van der Waals surface area (Å²) in [7, 11) is 0. The fraction of sp³-hybridized carbons (Fsp3) is 0.537. The fourth-order valence-corrected chi connectivity index (χ4v) is 6.47. The molecule has 2 heterocycles. The first-order chi connectivity index (χ1) is 28.5. The molecule has 0 spiro atoms. The van der Waals surface area contributed by atoms with Gasteiger partial charge in [-0.25, -0.2) is 0 Å². The Kier molecular flexibility index (Phi) is 17.9. The van der Waals surface area contributed by atoms with Crippen LogP contribution >= 0.6 is 0 Å². The summed E-state index contributed by atoms with van der Waals surface area (Å²) in [6, 6.07) is 13.9. The van der Waals surface area contributed by atoms with Gasteiger partial charge >= 0.3 is 41.8 Å². The van der Waals surface area contributed by atoms with Gasteiger partial charge in [0.1, 0.15) is 37.6 Å². The quantitative estimate of drug-likeness (QED) is 0.0908. The minimum atomic E-state index is -1.77. The number of benzene rings is 2. The van der Waals surface area contributed by atoms with Gasteiger partial charge in [0.15, 0.2) is 30.7 Å². The molecule has 19 heteroatoms. The van der Waals surface area contributed by atoms with E-state index in [1.807, 2.05) is 42.5 Å². The Bertz CT molecular complexity index is 1860. The molecule has 328 valence electrons. The van der Waals surface area contributed by atoms with Crippen LogP contribution in [-0.4, -0.2) is 130 Å². The highest BCUT2D eigenvalue weighted by Gasteiger charge is 2.57. The van der Waals surface area contributed by atoms with Crippen molar-refractivity contribution in [2.75, 3.05) is 26.4 Å². The number of rotatable bonds is 18. The molecule has 0 aromatic heterocycles. The van der Waals surface area contributed by atoms with Crippen molar-refractivity contribution in [1.29, 1.82) is 0 Å². The molecule has 10 atom stereocenters. The number of fused-ring (bicyclic) bond motifs is 1. The summed E-state index contributed by atoms with van der Waals surface area (Å²) in [5, 5.41) is 2.17. The first kappa shape index (κ1) is 47.2. The molecule has 0 aliphatic carbocycles. The van der Waals surface area contributed by atoms with Gasteiger partial charge in [0.2, 0.25) is 6.29 Å². The van der Waals surface area contributed by atoms with Crippen LogP contribution in [0.3, 0.4) is 0 Å². The van der Waals surface area contributed by atoms with E-state index < -0.39 is 116 Å². The van der Waals surface area contributed by atoms with E-state index in [1.54, 1.807) is 12.2 Å². The van der Waals surface area contributed by atoms with E-state index >= 15 is 0 Å². The molecule has 2 aromatic carbocycles. The highest BCUT2D eigenvalue weighted by Crippen LogP contribution is 2.35. The summed E-state index contributed by atoms with van der Waals surface area (Å²) in [6.07, 6.45) is -12.3. The smallest absolute Gasteiger partial charge is 0.305 e. The van der Waals surface area contributed by atoms with Gasteiger partial charge in [0, 0.05) is 48.5 Å². The number of esters is 7. The van der Waals surface area contributed by atoms with Crippen LogP contribution < -0.4 is 0 Å². The molecule has 2 aliphatic heterocycles. The molecular formula is C41H50O19. The summed E-state index contributed by atoms with van der Waals surface area (Å²) < 4.78 is 68.5. The van der Waals surface area contributed by atoms with Crippen molar-refractivity contribution in [2.24, 2.45) is 0 Å². The monoisotopic (exact) mass is 846 g/mol. The lowest BCUT2D eigenvalue weighted by molar-refractivity contribution is -0.360. The minimum absolute atomic E-state index is 0.172. The van der Waals surface area contributed by atoms with Crippen molar-refractivity contribution in [3.8, 4) is 0 Å². The van der Waals surface area contributed by atoms with Gasteiger partial charge in [-0.15, -0.1) is 0 Å². The highest BCUT2D eigenvalue weighted by atomic mass is 16.8. The zero-order valence-corrected chi connectivity index (χ0v) is 34.3. The van der Waals surface area contributed by atoms with E-state index in [9.17, 15) is 33.6 Å². The van der Waals surface area contributed by atoms with Crippen LogP contribution in [0.1, 0.15) is 54.0 Å². The molecular weight excluding hydrogens is 796 g/mol. The van der Waals surface area contributed by atoms with Crippen LogP contribution in [0.25, 0.3) is 10.8 Å². The molecule has 60 heavy (non-hydrogen) atoms. The van der Waals surface area contributed by atoms with Crippen molar-refractivity contribution < 1.29 is 90.4 Å². The Balaban J connectivity index is 1.67. The van der Waals surface area contributed by atoms with Crippen LogP contribution in [0.5, 0.6) is 0 Å². The summed E-state index contributed by atoms with van der Waals surface area (Å²) in [5.41, 5.74) is 0.965. The summed E-state index contributed by atoms with van der Waals surface area (Å²) in [6.45, 7) is 6.82. The Morgan fingerprint density at radius 1 is 0.517 bits per heavy atom. The molecule has 19 nitrogen and oxygen atoms in total. The van der Waals surface area contributed by atoms with Crippen LogP contribution in [0, 0.1) is 0 Å². The van der Waals surface area contributed by atoms with E-state index in [4.69, 9.17) is 56.8 Å². The molecule has 0 saturated carbocycles. The Morgan fingerprint density at radius 2 is 1.00 bits per heavy atom. The molecule has 1 unspecified atom stereocenters. The van der Waals surface area contributed by atoms with Crippen molar-refractivity contribution in [3.63, 3.8) is 0 Å². The summed E-state index contributed by atoms with van der Waals surface area (Å²) in [4.78, 5) is 86.2. The Hall–Kier alpha value is -5.47. The third kappa shape index (κ3) is 14.4. The lowest BCUT2D eigenvalue weighted by Gasteiger charge is -2.48. The van der Waals surface area contributed by atoms with Gasteiger partial charge in [0.25, 0.3) is 0 Å². The summed E-state index contributed by atoms with van der Waals surface area (Å²) in [5.74, 6) is -5.81. The number of carbonyl (C=O) groups is 7. The van der Waals surface area contributed by atoms with E-state index in [2.05, 4.69) is 0 Å². The van der Waals surface area contributed by atoms with Gasteiger partial charge in [-0.2, -0.15) is 0 Å². The van der Waals surface area contributed by atoms with Crippen LogP contribution in [-0.2, 0) is 97.0 Å². The summed E-state index contributed by atoms with van der Waals surface area (Å²) >= 11 is 0.